The second-order valence-electron chi connectivity index (χ2n) is 5.35. The monoisotopic (exact) mass is 332 g/mol. The van der Waals surface area contributed by atoms with E-state index in [2.05, 4.69) is 10.6 Å². The van der Waals surface area contributed by atoms with Crippen molar-refractivity contribution in [3.05, 3.63) is 29.8 Å². The van der Waals surface area contributed by atoms with Crippen molar-refractivity contribution < 1.29 is 28.6 Å². The van der Waals surface area contributed by atoms with Crippen molar-refractivity contribution in [2.24, 2.45) is 0 Å². The number of carbonyl (C=O) groups excluding carboxylic acids is 3. The molecule has 8 nitrogen and oxygen atoms in total. The molecule has 1 aromatic carbocycles. The van der Waals surface area contributed by atoms with Crippen LogP contribution < -0.4 is 20.1 Å². The average Bonchev–Trinajstić information content (AvgIpc) is 3.24. The highest BCUT2D eigenvalue weighted by Crippen LogP contribution is 2.32. The maximum atomic E-state index is 11.6. The Morgan fingerprint density at radius 2 is 2.00 bits per heavy atom. The number of hydrogen-bond donors (Lipinski definition) is 2. The lowest BCUT2D eigenvalue weighted by molar-refractivity contribution is -0.143. The minimum absolute atomic E-state index is 0.144. The molecule has 3 rings (SSSR count). The highest BCUT2D eigenvalue weighted by Gasteiger charge is 2.24. The molecule has 2 aliphatic rings. The number of rotatable bonds is 5. The molecule has 1 saturated carbocycles. The molecule has 0 radical (unpaired) electrons. The Kier molecular flexibility index (Phi) is 4.64. The molecular weight excluding hydrogens is 316 g/mol. The Labute approximate surface area is 137 Å². The predicted molar refractivity (Wildman–Crippen MR) is 82.3 cm³/mol. The zero-order valence-electron chi connectivity index (χ0n) is 12.7. The SMILES string of the molecule is O=C(COC(=O)/C=C/c1ccc2c(c1)OCO2)NC(=O)NC1CC1. The van der Waals surface area contributed by atoms with Crippen LogP contribution in [0.4, 0.5) is 4.79 Å². The van der Waals surface area contributed by atoms with Crippen LogP contribution in [-0.2, 0) is 14.3 Å². The van der Waals surface area contributed by atoms with Gasteiger partial charge in [0.2, 0.25) is 6.79 Å². The van der Waals surface area contributed by atoms with Gasteiger partial charge in [-0.2, -0.15) is 0 Å². The van der Waals surface area contributed by atoms with Gasteiger partial charge in [-0.25, -0.2) is 9.59 Å². The van der Waals surface area contributed by atoms with Crippen molar-refractivity contribution in [2.75, 3.05) is 13.4 Å². The van der Waals surface area contributed by atoms with E-state index in [-0.39, 0.29) is 12.8 Å². The van der Waals surface area contributed by atoms with Crippen molar-refractivity contribution in [1.82, 2.24) is 10.6 Å². The minimum Gasteiger partial charge on any atom is -0.454 e. The summed E-state index contributed by atoms with van der Waals surface area (Å²) in [5, 5.41) is 4.68. The van der Waals surface area contributed by atoms with E-state index in [4.69, 9.17) is 14.2 Å². The fourth-order valence-electron chi connectivity index (χ4n) is 1.98. The summed E-state index contributed by atoms with van der Waals surface area (Å²) < 4.78 is 15.2. The minimum atomic E-state index is -0.689. The highest BCUT2D eigenvalue weighted by atomic mass is 16.7. The third-order valence-corrected chi connectivity index (χ3v) is 3.32. The van der Waals surface area contributed by atoms with Crippen molar-refractivity contribution >= 4 is 24.0 Å². The molecule has 1 aliphatic heterocycles. The van der Waals surface area contributed by atoms with Crippen molar-refractivity contribution in [2.45, 2.75) is 18.9 Å². The lowest BCUT2D eigenvalue weighted by Gasteiger charge is -2.05. The first-order chi connectivity index (χ1) is 11.6. The van der Waals surface area contributed by atoms with Crippen molar-refractivity contribution in [3.8, 4) is 11.5 Å². The number of amides is 3. The number of fused-ring (bicyclic) bond motifs is 1. The Hall–Kier alpha value is -3.03. The van der Waals surface area contributed by atoms with Gasteiger partial charge in [0.25, 0.3) is 5.91 Å². The van der Waals surface area contributed by atoms with Crippen LogP contribution >= 0.6 is 0 Å². The maximum absolute atomic E-state index is 11.6. The van der Waals surface area contributed by atoms with Crippen molar-refractivity contribution in [3.63, 3.8) is 0 Å². The van der Waals surface area contributed by atoms with Gasteiger partial charge in [-0.1, -0.05) is 6.07 Å². The summed E-state index contributed by atoms with van der Waals surface area (Å²) >= 11 is 0. The summed E-state index contributed by atoms with van der Waals surface area (Å²) in [5.74, 6) is -0.120. The first kappa shape index (κ1) is 15.9. The van der Waals surface area contributed by atoms with Crippen LogP contribution in [0, 0.1) is 0 Å². The van der Waals surface area contributed by atoms with E-state index in [1.54, 1.807) is 18.2 Å². The normalized spacial score (nSPS) is 15.2. The van der Waals surface area contributed by atoms with E-state index in [0.717, 1.165) is 18.4 Å². The van der Waals surface area contributed by atoms with E-state index in [9.17, 15) is 14.4 Å². The summed E-state index contributed by atoms with van der Waals surface area (Å²) in [7, 11) is 0. The van der Waals surface area contributed by atoms with Gasteiger partial charge in [-0.3, -0.25) is 10.1 Å². The van der Waals surface area contributed by atoms with Gasteiger partial charge in [-0.15, -0.1) is 0 Å². The molecule has 0 unspecified atom stereocenters. The molecule has 24 heavy (non-hydrogen) atoms. The standard InChI is InChI=1S/C16H16N2O6/c19-14(18-16(21)17-11-3-4-11)8-22-15(20)6-2-10-1-5-12-13(7-10)24-9-23-12/h1-2,5-7,11H,3-4,8-9H2,(H2,17,18,19,21)/b6-2+. The Morgan fingerprint density at radius 3 is 2.79 bits per heavy atom. The number of imide groups is 1. The Bertz CT molecular complexity index is 696. The second-order valence-corrected chi connectivity index (χ2v) is 5.35. The molecule has 2 N–H and O–H groups in total. The largest absolute Gasteiger partial charge is 0.454 e. The smallest absolute Gasteiger partial charge is 0.331 e. The molecule has 1 fully saturated rings. The average molecular weight is 332 g/mol. The third kappa shape index (κ3) is 4.48. The van der Waals surface area contributed by atoms with Gasteiger partial charge in [0, 0.05) is 12.1 Å². The number of carbonyl (C=O) groups is 3. The van der Waals surface area contributed by atoms with Crippen LogP contribution in [0.3, 0.4) is 0 Å². The molecule has 0 saturated heterocycles. The molecular formula is C16H16N2O6. The molecule has 1 heterocycles. The van der Waals surface area contributed by atoms with Gasteiger partial charge >= 0.3 is 12.0 Å². The highest BCUT2D eigenvalue weighted by molar-refractivity contribution is 5.96. The quantitative estimate of drug-likeness (QED) is 0.615. The molecule has 3 amide bonds. The van der Waals surface area contributed by atoms with E-state index in [1.807, 2.05) is 0 Å². The number of urea groups is 1. The molecule has 8 heteroatoms. The number of ether oxygens (including phenoxy) is 3. The fourth-order valence-corrected chi connectivity index (χ4v) is 1.98. The second kappa shape index (κ2) is 7.03. The van der Waals surface area contributed by atoms with Crippen molar-refractivity contribution in [1.29, 1.82) is 0 Å². The van der Waals surface area contributed by atoms with Crippen LogP contribution in [0.1, 0.15) is 18.4 Å². The first-order valence-corrected chi connectivity index (χ1v) is 7.45. The summed E-state index contributed by atoms with van der Waals surface area (Å²) in [6, 6.07) is 4.78. The number of nitrogens with one attached hydrogen (secondary N) is 2. The molecule has 1 aliphatic carbocycles. The zero-order valence-corrected chi connectivity index (χ0v) is 12.7. The first-order valence-electron chi connectivity index (χ1n) is 7.45. The van der Waals surface area contributed by atoms with E-state index >= 15 is 0 Å². The van der Waals surface area contributed by atoms with Crippen LogP contribution in [0.25, 0.3) is 6.08 Å². The Balaban J connectivity index is 1.41. The third-order valence-electron chi connectivity index (χ3n) is 3.32. The van der Waals surface area contributed by atoms with Gasteiger partial charge in [0.1, 0.15) is 0 Å². The summed E-state index contributed by atoms with van der Waals surface area (Å²) in [5.41, 5.74) is 0.726. The van der Waals surface area contributed by atoms with Crippen LogP contribution in [0.2, 0.25) is 0 Å². The van der Waals surface area contributed by atoms with E-state index in [0.29, 0.717) is 11.5 Å². The fraction of sp³-hybridized carbons (Fsp3) is 0.312. The number of benzene rings is 1. The molecule has 1 aromatic rings. The topological polar surface area (TPSA) is 103 Å². The number of esters is 1. The molecule has 0 spiro atoms. The van der Waals surface area contributed by atoms with Gasteiger partial charge in [0.05, 0.1) is 0 Å². The van der Waals surface area contributed by atoms with E-state index in [1.165, 1.54) is 12.2 Å². The summed E-state index contributed by atoms with van der Waals surface area (Å²) in [6.45, 7) is -0.351. The molecule has 0 bridgehead atoms. The van der Waals surface area contributed by atoms with E-state index < -0.39 is 24.5 Å². The van der Waals surface area contributed by atoms with Crippen LogP contribution in [0.15, 0.2) is 24.3 Å². The zero-order chi connectivity index (χ0) is 16.9. The maximum Gasteiger partial charge on any atom is 0.331 e. The lowest BCUT2D eigenvalue weighted by Crippen LogP contribution is -2.42. The van der Waals surface area contributed by atoms with Gasteiger partial charge in [-0.05, 0) is 36.6 Å². The Morgan fingerprint density at radius 1 is 1.21 bits per heavy atom. The summed E-state index contributed by atoms with van der Waals surface area (Å²) in [6.07, 6.45) is 4.56. The van der Waals surface area contributed by atoms with Gasteiger partial charge < -0.3 is 19.5 Å². The van der Waals surface area contributed by atoms with Gasteiger partial charge in [0.15, 0.2) is 18.1 Å². The van der Waals surface area contributed by atoms with Crippen LogP contribution in [0.5, 0.6) is 11.5 Å². The predicted octanol–water partition coefficient (Wildman–Crippen LogP) is 0.960. The lowest BCUT2D eigenvalue weighted by atomic mass is 10.2. The van der Waals surface area contributed by atoms with Crippen LogP contribution in [-0.4, -0.2) is 37.3 Å². The molecule has 0 aromatic heterocycles. The number of hydrogen-bond acceptors (Lipinski definition) is 6. The molecule has 0 atom stereocenters. The molecule has 126 valence electrons. The summed E-state index contributed by atoms with van der Waals surface area (Å²) in [4.78, 5) is 34.4.